The Morgan fingerprint density at radius 3 is 2.18 bits per heavy atom. The topological polar surface area (TPSA) is 21.8 Å². The molecule has 2 nitrogen and oxygen atoms in total. The van der Waals surface area contributed by atoms with Crippen molar-refractivity contribution in [1.29, 1.82) is 0 Å². The van der Waals surface area contributed by atoms with Crippen LogP contribution in [0.4, 0.5) is 13.2 Å². The highest BCUT2D eigenvalue weighted by molar-refractivity contribution is 5.72. The average molecular weight is 463 g/mol. The van der Waals surface area contributed by atoms with Gasteiger partial charge in [-0.1, -0.05) is 66.8 Å². The maximum Gasteiger partial charge on any atom is 0.167 e. The Kier molecular flexibility index (Phi) is 6.40. The molecule has 0 aliphatic carbocycles. The van der Waals surface area contributed by atoms with E-state index in [1.165, 1.54) is 6.07 Å². The fourth-order valence-electron chi connectivity index (χ4n) is 4.32. The van der Waals surface area contributed by atoms with E-state index in [1.54, 1.807) is 48.5 Å². The first-order valence-electron chi connectivity index (χ1n) is 11.5. The van der Waals surface area contributed by atoms with E-state index in [4.69, 9.17) is 9.47 Å². The van der Waals surface area contributed by atoms with E-state index in [-0.39, 0.29) is 35.1 Å². The summed E-state index contributed by atoms with van der Waals surface area (Å²) in [4.78, 5) is 0. The zero-order chi connectivity index (χ0) is 23.7. The Morgan fingerprint density at radius 2 is 1.53 bits per heavy atom. The van der Waals surface area contributed by atoms with E-state index in [1.807, 2.05) is 18.2 Å². The van der Waals surface area contributed by atoms with Crippen LogP contribution in [0.3, 0.4) is 0 Å². The average Bonchev–Trinajstić information content (AvgIpc) is 3.71. The molecule has 0 bridgehead atoms. The van der Waals surface area contributed by atoms with Crippen LogP contribution in [-0.4, -0.2) is 19.3 Å². The highest BCUT2D eigenvalue weighted by Gasteiger charge is 2.30. The van der Waals surface area contributed by atoms with Gasteiger partial charge in [0.15, 0.2) is 11.6 Å². The molecule has 0 amide bonds. The van der Waals surface area contributed by atoms with Crippen LogP contribution in [0.25, 0.3) is 28.3 Å². The zero-order valence-corrected chi connectivity index (χ0v) is 18.6. The monoisotopic (exact) mass is 462 g/mol. The molecular formula is C29H25F3O2. The molecule has 34 heavy (non-hydrogen) atoms. The van der Waals surface area contributed by atoms with Crippen molar-refractivity contribution in [3.63, 3.8) is 0 Å². The predicted molar refractivity (Wildman–Crippen MR) is 128 cm³/mol. The second-order valence-corrected chi connectivity index (χ2v) is 8.77. The molecule has 0 radical (unpaired) electrons. The molecule has 2 heterocycles. The number of hydrogen-bond acceptors (Lipinski definition) is 2. The lowest BCUT2D eigenvalue weighted by Gasteiger charge is -2.25. The molecule has 2 fully saturated rings. The lowest BCUT2D eigenvalue weighted by molar-refractivity contribution is 0.0248. The first kappa shape index (κ1) is 22.6. The summed E-state index contributed by atoms with van der Waals surface area (Å²) in [6.45, 7) is 4.79. The molecule has 2 aliphatic rings. The van der Waals surface area contributed by atoms with Crippen molar-refractivity contribution in [2.24, 2.45) is 5.92 Å². The third-order valence-electron chi connectivity index (χ3n) is 6.48. The van der Waals surface area contributed by atoms with Crippen molar-refractivity contribution < 1.29 is 22.6 Å². The van der Waals surface area contributed by atoms with E-state index in [0.29, 0.717) is 29.9 Å². The minimum atomic E-state index is -0.883. The number of rotatable bonds is 6. The Labute approximate surface area is 197 Å². The minimum absolute atomic E-state index is 0.110. The quantitative estimate of drug-likeness (QED) is 0.279. The van der Waals surface area contributed by atoms with Gasteiger partial charge in [0.05, 0.1) is 19.3 Å². The second kappa shape index (κ2) is 9.61. The fourth-order valence-corrected chi connectivity index (χ4v) is 4.32. The third kappa shape index (κ3) is 4.72. The van der Waals surface area contributed by atoms with Crippen LogP contribution in [-0.2, 0) is 9.47 Å². The summed E-state index contributed by atoms with van der Waals surface area (Å²) in [6, 6.07) is 15.2. The predicted octanol–water partition coefficient (Wildman–Crippen LogP) is 7.50. The van der Waals surface area contributed by atoms with E-state index >= 15 is 0 Å². The van der Waals surface area contributed by atoms with Gasteiger partial charge in [-0.25, -0.2) is 13.2 Å². The smallest absolute Gasteiger partial charge is 0.167 e. The lowest BCUT2D eigenvalue weighted by Crippen LogP contribution is -2.22. The first-order valence-corrected chi connectivity index (χ1v) is 11.5. The van der Waals surface area contributed by atoms with E-state index < -0.39 is 11.6 Å². The molecule has 0 aromatic heterocycles. The van der Waals surface area contributed by atoms with Crippen molar-refractivity contribution in [2.45, 2.75) is 25.0 Å². The van der Waals surface area contributed by atoms with Gasteiger partial charge in [-0.15, -0.1) is 6.58 Å². The van der Waals surface area contributed by atoms with Gasteiger partial charge >= 0.3 is 0 Å². The standard InChI is InChI=1S/C29H25F3O2/c1-2-23-12-4-18(16-33-23)3-5-21-10-11-22(15-26(21)30)19-6-8-20(9-7-19)24-13-14-25(27-17-34-27)29(32)28(24)31/h2-3,5-11,13-15,18,23,27H,1,4,12,16-17H2/b5-3+. The molecule has 2 saturated heterocycles. The van der Waals surface area contributed by atoms with Gasteiger partial charge in [0.25, 0.3) is 0 Å². The van der Waals surface area contributed by atoms with Gasteiger partial charge in [0.2, 0.25) is 0 Å². The third-order valence-corrected chi connectivity index (χ3v) is 6.48. The van der Waals surface area contributed by atoms with Crippen LogP contribution in [0.1, 0.15) is 30.1 Å². The number of epoxide rings is 1. The fraction of sp³-hybridized carbons (Fsp3) is 0.241. The molecule has 0 saturated carbocycles. The van der Waals surface area contributed by atoms with Gasteiger partial charge in [0, 0.05) is 22.6 Å². The Balaban J connectivity index is 1.30. The molecule has 5 heteroatoms. The molecule has 3 aromatic rings. The Hall–Kier alpha value is -3.15. The highest BCUT2D eigenvalue weighted by Crippen LogP contribution is 2.36. The molecule has 0 N–H and O–H groups in total. The van der Waals surface area contributed by atoms with Gasteiger partial charge in [0.1, 0.15) is 11.9 Å². The van der Waals surface area contributed by atoms with Gasteiger partial charge in [-0.05, 0) is 35.6 Å². The van der Waals surface area contributed by atoms with Gasteiger partial charge in [-0.2, -0.15) is 0 Å². The molecule has 2 aliphatic heterocycles. The number of ether oxygens (including phenoxy) is 2. The van der Waals surface area contributed by atoms with Crippen molar-refractivity contribution in [1.82, 2.24) is 0 Å². The van der Waals surface area contributed by atoms with Gasteiger partial charge in [-0.3, -0.25) is 0 Å². The molecule has 174 valence electrons. The number of benzene rings is 3. The Bertz CT molecular complexity index is 1220. The largest absolute Gasteiger partial charge is 0.374 e. The number of hydrogen-bond donors (Lipinski definition) is 0. The molecule has 5 rings (SSSR count). The normalized spacial score (nSPS) is 22.1. The van der Waals surface area contributed by atoms with Crippen LogP contribution >= 0.6 is 0 Å². The van der Waals surface area contributed by atoms with E-state index in [0.717, 1.165) is 18.4 Å². The summed E-state index contributed by atoms with van der Waals surface area (Å²) in [5.74, 6) is -1.80. The van der Waals surface area contributed by atoms with Gasteiger partial charge < -0.3 is 9.47 Å². The van der Waals surface area contributed by atoms with Crippen LogP contribution in [0.15, 0.2) is 73.3 Å². The minimum Gasteiger partial charge on any atom is -0.374 e. The van der Waals surface area contributed by atoms with Crippen molar-refractivity contribution in [3.8, 4) is 22.3 Å². The van der Waals surface area contributed by atoms with Crippen LogP contribution < -0.4 is 0 Å². The Morgan fingerprint density at radius 1 is 0.794 bits per heavy atom. The van der Waals surface area contributed by atoms with Crippen molar-refractivity contribution >= 4 is 6.08 Å². The number of halogens is 3. The second-order valence-electron chi connectivity index (χ2n) is 8.77. The SMILES string of the molecule is C=CC1CCC(/C=C/c2ccc(-c3ccc(-c4ccc(C5CO5)c(F)c4F)cc3)cc2F)CO1. The lowest BCUT2D eigenvalue weighted by atomic mass is 9.96. The molecular weight excluding hydrogens is 437 g/mol. The summed E-state index contributed by atoms with van der Waals surface area (Å²) in [5, 5.41) is 0. The van der Waals surface area contributed by atoms with Crippen molar-refractivity contribution in [3.05, 3.63) is 102 Å². The van der Waals surface area contributed by atoms with Crippen LogP contribution in [0, 0.1) is 23.4 Å². The molecule has 0 spiro atoms. The summed E-state index contributed by atoms with van der Waals surface area (Å²) in [7, 11) is 0. The summed E-state index contributed by atoms with van der Waals surface area (Å²) >= 11 is 0. The van der Waals surface area contributed by atoms with Crippen molar-refractivity contribution in [2.75, 3.05) is 13.2 Å². The summed E-state index contributed by atoms with van der Waals surface area (Å²) in [6.07, 6.45) is 7.30. The molecule has 3 aromatic carbocycles. The van der Waals surface area contributed by atoms with Crippen LogP contribution in [0.5, 0.6) is 0 Å². The molecule has 3 unspecified atom stereocenters. The maximum absolute atomic E-state index is 14.8. The summed E-state index contributed by atoms with van der Waals surface area (Å²) in [5.41, 5.74) is 3.01. The first-order chi connectivity index (χ1) is 16.5. The van der Waals surface area contributed by atoms with Crippen LogP contribution in [0.2, 0.25) is 0 Å². The van der Waals surface area contributed by atoms with E-state index in [9.17, 15) is 13.2 Å². The molecule has 3 atom stereocenters. The summed E-state index contributed by atoms with van der Waals surface area (Å²) < 4.78 is 54.5. The van der Waals surface area contributed by atoms with E-state index in [2.05, 4.69) is 6.58 Å². The highest BCUT2D eigenvalue weighted by atomic mass is 19.2. The zero-order valence-electron chi connectivity index (χ0n) is 18.6. The maximum atomic E-state index is 14.8.